The Morgan fingerprint density at radius 1 is 1.35 bits per heavy atom. The summed E-state index contributed by atoms with van der Waals surface area (Å²) < 4.78 is 1.10. The third kappa shape index (κ3) is 2.74. The molecule has 5 heteroatoms. The fraction of sp³-hybridized carbons (Fsp3) is 0.533. The van der Waals surface area contributed by atoms with Crippen molar-refractivity contribution in [2.75, 3.05) is 0 Å². The zero-order chi connectivity index (χ0) is 15.6. The van der Waals surface area contributed by atoms with E-state index in [4.69, 9.17) is 5.26 Å². The van der Waals surface area contributed by atoms with Crippen LogP contribution in [-0.4, -0.2) is 15.5 Å². The molecule has 1 aromatic rings. The zero-order valence-electron chi connectivity index (χ0n) is 12.5. The lowest BCUT2D eigenvalue weighted by molar-refractivity contribution is 0.0962. The molecule has 0 aromatic carbocycles. The van der Waals surface area contributed by atoms with Gasteiger partial charge in [-0.1, -0.05) is 13.8 Å². The monoisotopic (exact) mass is 276 g/mol. The van der Waals surface area contributed by atoms with Gasteiger partial charge in [-0.05, 0) is 32.3 Å². The number of hydrogen-bond donors (Lipinski definition) is 1. The Balaban J connectivity index is 3.69. The van der Waals surface area contributed by atoms with E-state index in [9.17, 15) is 14.7 Å². The fourth-order valence-corrected chi connectivity index (χ4v) is 2.21. The van der Waals surface area contributed by atoms with Gasteiger partial charge in [0.2, 0.25) is 5.88 Å². The van der Waals surface area contributed by atoms with E-state index in [1.807, 2.05) is 19.9 Å². The Hall–Kier alpha value is -2.09. The summed E-state index contributed by atoms with van der Waals surface area (Å²) in [4.78, 5) is 24.4. The predicted octanol–water partition coefficient (Wildman–Crippen LogP) is 2.54. The second kappa shape index (κ2) is 5.91. The van der Waals surface area contributed by atoms with E-state index in [1.54, 1.807) is 13.8 Å². The molecule has 0 aliphatic carbocycles. The second-order valence-corrected chi connectivity index (χ2v) is 5.60. The molecule has 20 heavy (non-hydrogen) atoms. The van der Waals surface area contributed by atoms with Crippen molar-refractivity contribution < 1.29 is 9.90 Å². The summed E-state index contributed by atoms with van der Waals surface area (Å²) in [6.45, 7) is 8.75. The Labute approximate surface area is 118 Å². The SMILES string of the molecule is Cc1c(C(=O)CC(C)C)c(O)n(C(C)C)c(=O)c1C#N. The first kappa shape index (κ1) is 16.0. The second-order valence-electron chi connectivity index (χ2n) is 5.60. The number of hydrogen-bond acceptors (Lipinski definition) is 4. The highest BCUT2D eigenvalue weighted by Gasteiger charge is 2.25. The highest BCUT2D eigenvalue weighted by atomic mass is 16.3. The lowest BCUT2D eigenvalue weighted by Gasteiger charge is -2.18. The third-order valence-corrected chi connectivity index (χ3v) is 3.14. The Bertz CT molecular complexity index is 634. The van der Waals surface area contributed by atoms with Crippen LogP contribution in [0.15, 0.2) is 4.79 Å². The average Bonchev–Trinajstić information content (AvgIpc) is 2.27. The van der Waals surface area contributed by atoms with E-state index >= 15 is 0 Å². The van der Waals surface area contributed by atoms with Gasteiger partial charge in [-0.25, -0.2) is 0 Å². The molecule has 0 radical (unpaired) electrons. The number of ketones is 1. The molecule has 0 atom stereocenters. The molecule has 1 heterocycles. The van der Waals surface area contributed by atoms with Gasteiger partial charge >= 0.3 is 0 Å². The van der Waals surface area contributed by atoms with Crippen LogP contribution in [0.2, 0.25) is 0 Å². The largest absolute Gasteiger partial charge is 0.494 e. The van der Waals surface area contributed by atoms with Crippen LogP contribution in [-0.2, 0) is 0 Å². The summed E-state index contributed by atoms with van der Waals surface area (Å²) in [6.07, 6.45) is 0.259. The van der Waals surface area contributed by atoms with E-state index < -0.39 is 5.56 Å². The summed E-state index contributed by atoms with van der Waals surface area (Å²) >= 11 is 0. The van der Waals surface area contributed by atoms with Gasteiger partial charge in [-0.2, -0.15) is 5.26 Å². The first-order valence-corrected chi connectivity index (χ1v) is 6.63. The molecule has 1 aromatic heterocycles. The van der Waals surface area contributed by atoms with Crippen LogP contribution in [0.25, 0.3) is 0 Å². The van der Waals surface area contributed by atoms with E-state index in [-0.39, 0.29) is 46.7 Å². The first-order valence-electron chi connectivity index (χ1n) is 6.63. The quantitative estimate of drug-likeness (QED) is 0.856. The molecular weight excluding hydrogens is 256 g/mol. The highest BCUT2D eigenvalue weighted by molar-refractivity contribution is 6.00. The van der Waals surface area contributed by atoms with Gasteiger partial charge in [-0.15, -0.1) is 0 Å². The van der Waals surface area contributed by atoms with Crippen LogP contribution in [0, 0.1) is 24.2 Å². The number of rotatable bonds is 4. The average molecular weight is 276 g/mol. The number of nitriles is 1. The zero-order valence-corrected chi connectivity index (χ0v) is 12.5. The molecule has 0 amide bonds. The maximum atomic E-state index is 12.3. The maximum Gasteiger partial charge on any atom is 0.271 e. The molecule has 0 saturated heterocycles. The lowest BCUT2D eigenvalue weighted by atomic mass is 9.96. The van der Waals surface area contributed by atoms with Crippen LogP contribution < -0.4 is 5.56 Å². The molecule has 0 saturated carbocycles. The molecule has 0 spiro atoms. The Morgan fingerprint density at radius 2 is 1.90 bits per heavy atom. The van der Waals surface area contributed by atoms with Gasteiger partial charge in [0.05, 0.1) is 5.56 Å². The summed E-state index contributed by atoms with van der Waals surface area (Å²) in [7, 11) is 0. The van der Waals surface area contributed by atoms with Crippen molar-refractivity contribution in [1.29, 1.82) is 5.26 Å². The number of nitrogens with zero attached hydrogens (tertiary/aromatic N) is 2. The minimum atomic E-state index is -0.557. The highest BCUT2D eigenvalue weighted by Crippen LogP contribution is 2.26. The van der Waals surface area contributed by atoms with Gasteiger partial charge in [0.15, 0.2) is 5.78 Å². The van der Waals surface area contributed by atoms with Crippen molar-refractivity contribution in [3.05, 3.63) is 27.0 Å². The summed E-state index contributed by atoms with van der Waals surface area (Å²) in [5, 5.41) is 19.4. The number of Topliss-reactive ketones (excluding diaryl/α,β-unsaturated/α-hetero) is 1. The van der Waals surface area contributed by atoms with Crippen molar-refractivity contribution in [3.63, 3.8) is 0 Å². The van der Waals surface area contributed by atoms with Crippen LogP contribution in [0.5, 0.6) is 5.88 Å². The van der Waals surface area contributed by atoms with Crippen LogP contribution >= 0.6 is 0 Å². The van der Waals surface area contributed by atoms with Crippen LogP contribution in [0.3, 0.4) is 0 Å². The number of aromatic nitrogens is 1. The molecule has 0 aliphatic rings. The number of carbonyl (C=O) groups excluding carboxylic acids is 1. The number of pyridine rings is 1. The Morgan fingerprint density at radius 3 is 2.30 bits per heavy atom. The molecule has 0 bridgehead atoms. The molecule has 1 rings (SSSR count). The molecule has 1 N–H and O–H groups in total. The van der Waals surface area contributed by atoms with Crippen molar-refractivity contribution in [2.24, 2.45) is 5.92 Å². The van der Waals surface area contributed by atoms with E-state index in [0.717, 1.165) is 4.57 Å². The van der Waals surface area contributed by atoms with Gasteiger partial charge < -0.3 is 5.11 Å². The number of carbonyl (C=O) groups is 1. The van der Waals surface area contributed by atoms with Crippen molar-refractivity contribution in [2.45, 2.75) is 47.1 Å². The van der Waals surface area contributed by atoms with E-state index in [1.165, 1.54) is 6.92 Å². The predicted molar refractivity (Wildman–Crippen MR) is 76.0 cm³/mol. The minimum absolute atomic E-state index is 0.0800. The van der Waals surface area contributed by atoms with Gasteiger partial charge in [0.1, 0.15) is 11.6 Å². The van der Waals surface area contributed by atoms with Crippen molar-refractivity contribution in [1.82, 2.24) is 4.57 Å². The maximum absolute atomic E-state index is 12.3. The molecule has 0 fully saturated rings. The molecule has 108 valence electrons. The molecular formula is C15H20N2O3. The Kier molecular flexibility index (Phi) is 4.72. The van der Waals surface area contributed by atoms with Gasteiger partial charge in [0.25, 0.3) is 5.56 Å². The molecule has 5 nitrogen and oxygen atoms in total. The smallest absolute Gasteiger partial charge is 0.271 e. The fourth-order valence-electron chi connectivity index (χ4n) is 2.21. The summed E-state index contributed by atoms with van der Waals surface area (Å²) in [6, 6.07) is 1.51. The molecule has 0 aliphatic heterocycles. The summed E-state index contributed by atoms with van der Waals surface area (Å²) in [5.41, 5.74) is -0.289. The van der Waals surface area contributed by atoms with Gasteiger partial charge in [0, 0.05) is 12.5 Å². The lowest BCUT2D eigenvalue weighted by Crippen LogP contribution is -2.28. The van der Waals surface area contributed by atoms with Crippen molar-refractivity contribution in [3.8, 4) is 11.9 Å². The van der Waals surface area contributed by atoms with E-state index in [0.29, 0.717) is 0 Å². The normalized spacial score (nSPS) is 10.9. The van der Waals surface area contributed by atoms with Crippen LogP contribution in [0.1, 0.15) is 61.6 Å². The van der Waals surface area contributed by atoms with Gasteiger partial charge in [-0.3, -0.25) is 14.2 Å². The van der Waals surface area contributed by atoms with E-state index in [2.05, 4.69) is 0 Å². The topological polar surface area (TPSA) is 83.1 Å². The minimum Gasteiger partial charge on any atom is -0.494 e. The molecule has 0 unspecified atom stereocenters. The third-order valence-electron chi connectivity index (χ3n) is 3.14. The first-order chi connectivity index (χ1) is 9.22. The summed E-state index contributed by atoms with van der Waals surface area (Å²) in [5.74, 6) is -0.459. The van der Waals surface area contributed by atoms with Crippen molar-refractivity contribution >= 4 is 5.78 Å². The van der Waals surface area contributed by atoms with Crippen LogP contribution in [0.4, 0.5) is 0 Å². The standard InChI is InChI=1S/C15H20N2O3/c1-8(2)6-12(18)13-10(5)11(7-16)14(19)17(9(3)4)15(13)20/h8-9,20H,6H2,1-5H3. The number of aromatic hydroxyl groups is 1.